The maximum Gasteiger partial charge on any atom is 0.365 e. The first-order valence-electron chi connectivity index (χ1n) is 7.44. The molecule has 0 atom stereocenters. The normalized spacial score (nSPS) is 12.7. The van der Waals surface area contributed by atoms with Crippen molar-refractivity contribution in [3.63, 3.8) is 0 Å². The van der Waals surface area contributed by atoms with Crippen LogP contribution in [0.1, 0.15) is 0 Å². The summed E-state index contributed by atoms with van der Waals surface area (Å²) >= 11 is 0. The summed E-state index contributed by atoms with van der Waals surface area (Å²) in [6, 6.07) is 11.0. The van der Waals surface area contributed by atoms with Crippen molar-refractivity contribution in [2.24, 2.45) is 0 Å². The fourth-order valence-corrected chi connectivity index (χ4v) is 6.31. The third-order valence-corrected chi connectivity index (χ3v) is 8.69. The fraction of sp³-hybridized carbons (Fsp3) is 0.0625. The molecule has 0 radical (unpaired) electrons. The van der Waals surface area contributed by atoms with E-state index in [-0.39, 0.29) is 11.2 Å². The Balaban J connectivity index is 1.94. The number of hydrogen-bond acceptors (Lipinski definition) is 6. The second-order valence-electron chi connectivity index (χ2n) is 5.48. The molecule has 0 spiro atoms. The van der Waals surface area contributed by atoms with Crippen LogP contribution < -0.4 is 4.74 Å². The van der Waals surface area contributed by atoms with Crippen molar-refractivity contribution in [1.29, 1.82) is 0 Å². The van der Waals surface area contributed by atoms with Gasteiger partial charge in [-0.15, -0.1) is 0 Å². The zero-order valence-corrected chi connectivity index (χ0v) is 15.1. The average Bonchev–Trinajstić information content (AvgIpc) is 3.25. The van der Waals surface area contributed by atoms with E-state index in [1.54, 1.807) is 24.3 Å². The number of rotatable bonds is 4. The summed E-state index contributed by atoms with van der Waals surface area (Å²) < 4.78 is 58.1. The van der Waals surface area contributed by atoms with Gasteiger partial charge < -0.3 is 4.74 Å². The minimum absolute atomic E-state index is 0.0502. The Morgan fingerprint density at radius 2 is 1.58 bits per heavy atom. The van der Waals surface area contributed by atoms with Gasteiger partial charge in [-0.25, -0.2) is 12.9 Å². The molecule has 10 heteroatoms. The monoisotopic (exact) mass is 391 g/mol. The summed E-state index contributed by atoms with van der Waals surface area (Å²) in [5.74, 6) is 0.538. The number of hydrogen-bond donors (Lipinski definition) is 0. The van der Waals surface area contributed by atoms with Crippen LogP contribution in [-0.4, -0.2) is 36.9 Å². The van der Waals surface area contributed by atoms with E-state index in [1.807, 2.05) is 0 Å². The van der Waals surface area contributed by atoms with Gasteiger partial charge in [0.15, 0.2) is 5.65 Å². The average molecular weight is 391 g/mol. The zero-order valence-electron chi connectivity index (χ0n) is 13.5. The summed E-state index contributed by atoms with van der Waals surface area (Å²) in [7, 11) is -8.09. The molecule has 8 nitrogen and oxygen atoms in total. The lowest BCUT2D eigenvalue weighted by atomic mass is 10.2. The zero-order chi connectivity index (χ0) is 18.5. The second kappa shape index (κ2) is 5.58. The lowest BCUT2D eigenvalue weighted by molar-refractivity contribution is 0.415. The van der Waals surface area contributed by atoms with Crippen LogP contribution in [0.4, 0.5) is 0 Å². The molecule has 0 aliphatic heterocycles. The first-order chi connectivity index (χ1) is 12.4. The molecular formula is C16H13N3O5S2. The summed E-state index contributed by atoms with van der Waals surface area (Å²) in [6.45, 7) is 0. The lowest BCUT2D eigenvalue weighted by Gasteiger charge is -2.10. The number of methoxy groups -OCH3 is 1. The van der Waals surface area contributed by atoms with Gasteiger partial charge >= 0.3 is 18.1 Å². The van der Waals surface area contributed by atoms with Gasteiger partial charge in [0.1, 0.15) is 5.75 Å². The van der Waals surface area contributed by atoms with Gasteiger partial charge in [-0.05, 0) is 42.5 Å². The predicted octanol–water partition coefficient (Wildman–Crippen LogP) is 1.97. The maximum atomic E-state index is 12.9. The van der Waals surface area contributed by atoms with Gasteiger partial charge in [0.2, 0.25) is 0 Å². The van der Waals surface area contributed by atoms with Crippen LogP contribution in [0.5, 0.6) is 5.75 Å². The number of aromatic nitrogens is 3. The van der Waals surface area contributed by atoms with Gasteiger partial charge in [0.05, 0.1) is 12.6 Å². The van der Waals surface area contributed by atoms with Gasteiger partial charge in [0.25, 0.3) is 0 Å². The largest absolute Gasteiger partial charge is 0.497 e. The van der Waals surface area contributed by atoms with Crippen molar-refractivity contribution in [1.82, 2.24) is 12.9 Å². The number of fused-ring (bicyclic) bond motifs is 2. The lowest BCUT2D eigenvalue weighted by Crippen LogP contribution is -2.28. The van der Waals surface area contributed by atoms with E-state index in [4.69, 9.17) is 4.74 Å². The molecule has 0 aliphatic rings. The Morgan fingerprint density at radius 1 is 0.885 bits per heavy atom. The Morgan fingerprint density at radius 3 is 2.35 bits per heavy atom. The highest BCUT2D eigenvalue weighted by atomic mass is 33.2. The van der Waals surface area contributed by atoms with E-state index < -0.39 is 18.1 Å². The smallest absolute Gasteiger partial charge is 0.365 e. The molecule has 0 fully saturated rings. The molecule has 3 heterocycles. The van der Waals surface area contributed by atoms with Crippen molar-refractivity contribution in [2.75, 3.05) is 7.11 Å². The molecule has 0 amide bonds. The minimum atomic E-state index is -4.79. The SMILES string of the molecule is COc1ccc2c(ccn2S(=O)(=O)S(=O)(=O)n2ccc3cccnc32)c1. The first-order valence-corrected chi connectivity index (χ1v) is 10.8. The molecule has 0 N–H and O–H groups in total. The van der Waals surface area contributed by atoms with Crippen LogP contribution in [0.2, 0.25) is 0 Å². The Kier molecular flexibility index (Phi) is 3.56. The number of ether oxygens (including phenoxy) is 1. The topological polar surface area (TPSA) is 100 Å². The molecule has 4 aromatic rings. The number of benzene rings is 1. The van der Waals surface area contributed by atoms with E-state index in [0.29, 0.717) is 20.5 Å². The van der Waals surface area contributed by atoms with Gasteiger partial charge in [-0.2, -0.15) is 16.8 Å². The van der Waals surface area contributed by atoms with Crippen LogP contribution in [0, 0.1) is 0 Å². The van der Waals surface area contributed by atoms with E-state index in [9.17, 15) is 16.8 Å². The second-order valence-corrected chi connectivity index (χ2v) is 10.5. The molecule has 4 rings (SSSR count). The van der Waals surface area contributed by atoms with E-state index in [1.165, 1.54) is 43.9 Å². The molecular weight excluding hydrogens is 378 g/mol. The number of pyridine rings is 1. The molecule has 3 aromatic heterocycles. The fourth-order valence-electron chi connectivity index (χ4n) is 2.74. The Labute approximate surface area is 148 Å². The molecule has 134 valence electrons. The first kappa shape index (κ1) is 16.6. The molecule has 0 saturated carbocycles. The van der Waals surface area contributed by atoms with Gasteiger partial charge in [0, 0.05) is 29.4 Å². The maximum absolute atomic E-state index is 12.9. The molecule has 26 heavy (non-hydrogen) atoms. The quantitative estimate of drug-likeness (QED) is 0.493. The van der Waals surface area contributed by atoms with Crippen LogP contribution in [0.3, 0.4) is 0 Å². The molecule has 0 aliphatic carbocycles. The minimum Gasteiger partial charge on any atom is -0.497 e. The Bertz CT molecular complexity index is 1350. The van der Waals surface area contributed by atoms with Crippen LogP contribution in [-0.2, 0) is 18.1 Å². The standard InChI is InChI=1S/C16H13N3O5S2/c1-24-14-4-5-15-13(11-14)7-9-18(15)25(20,21)26(22,23)19-10-6-12-3-2-8-17-16(12)19/h2-11H,1H3. The Hall–Kier alpha value is -2.85. The van der Waals surface area contributed by atoms with E-state index in [2.05, 4.69) is 4.98 Å². The molecule has 0 unspecified atom stereocenters. The third kappa shape index (κ3) is 2.22. The molecule has 0 bridgehead atoms. The summed E-state index contributed by atoms with van der Waals surface area (Å²) in [5.41, 5.74) is 0.285. The third-order valence-electron chi connectivity index (χ3n) is 4.02. The van der Waals surface area contributed by atoms with Crippen molar-refractivity contribution in [3.05, 3.63) is 61.1 Å². The highest BCUT2D eigenvalue weighted by Crippen LogP contribution is 2.26. The van der Waals surface area contributed by atoms with Crippen LogP contribution in [0.15, 0.2) is 61.1 Å². The van der Waals surface area contributed by atoms with Crippen molar-refractivity contribution in [3.8, 4) is 5.75 Å². The number of nitrogens with zero attached hydrogens (tertiary/aromatic N) is 3. The highest BCUT2D eigenvalue weighted by Gasteiger charge is 2.35. The van der Waals surface area contributed by atoms with Gasteiger partial charge in [-0.3, -0.25) is 0 Å². The van der Waals surface area contributed by atoms with E-state index >= 15 is 0 Å². The molecule has 1 aromatic carbocycles. The molecule has 0 saturated heterocycles. The van der Waals surface area contributed by atoms with Crippen molar-refractivity contribution in [2.45, 2.75) is 0 Å². The summed E-state index contributed by atoms with van der Waals surface area (Å²) in [6.07, 6.45) is 3.79. The van der Waals surface area contributed by atoms with Crippen molar-refractivity contribution < 1.29 is 21.6 Å². The van der Waals surface area contributed by atoms with E-state index in [0.717, 1.165) is 3.97 Å². The highest BCUT2D eigenvalue weighted by molar-refractivity contribution is 8.66. The predicted molar refractivity (Wildman–Crippen MR) is 96.9 cm³/mol. The van der Waals surface area contributed by atoms with Crippen LogP contribution >= 0.6 is 0 Å². The summed E-state index contributed by atoms with van der Waals surface area (Å²) in [4.78, 5) is 3.98. The summed E-state index contributed by atoms with van der Waals surface area (Å²) in [5, 5.41) is 1.06. The van der Waals surface area contributed by atoms with Gasteiger partial charge in [-0.1, -0.05) is 0 Å². The van der Waals surface area contributed by atoms with Crippen molar-refractivity contribution >= 4 is 40.0 Å². The van der Waals surface area contributed by atoms with Crippen LogP contribution in [0.25, 0.3) is 21.9 Å².